The van der Waals surface area contributed by atoms with Crippen molar-refractivity contribution in [1.29, 1.82) is 0 Å². The number of nitrogens with zero attached hydrogens (tertiary/aromatic N) is 5. The molecule has 112 valence electrons. The van der Waals surface area contributed by atoms with Gasteiger partial charge in [-0.1, -0.05) is 6.92 Å². The quantitative estimate of drug-likeness (QED) is 0.879. The van der Waals surface area contributed by atoms with Gasteiger partial charge in [-0.2, -0.15) is 5.10 Å². The molecule has 0 bridgehead atoms. The molecule has 3 rings (SSSR count). The van der Waals surface area contributed by atoms with Gasteiger partial charge in [0.2, 0.25) is 0 Å². The average Bonchev–Trinajstić information content (AvgIpc) is 3.12. The fourth-order valence-electron chi connectivity index (χ4n) is 2.93. The number of hydrogen-bond donors (Lipinski definition) is 2. The van der Waals surface area contributed by atoms with Crippen LogP contribution in [-0.4, -0.2) is 41.5 Å². The number of hydrogen-bond acceptors (Lipinski definition) is 5. The topological polar surface area (TPSA) is 110 Å². The van der Waals surface area contributed by atoms with E-state index in [0.29, 0.717) is 31.1 Å². The Morgan fingerprint density at radius 1 is 1.52 bits per heavy atom. The monoisotopic (exact) mass is 290 g/mol. The maximum Gasteiger partial charge on any atom is 0.311 e. The molecule has 0 atom stereocenters. The van der Waals surface area contributed by atoms with Crippen molar-refractivity contribution in [1.82, 2.24) is 30.4 Å². The molecule has 2 N–H and O–H groups in total. The molecule has 0 spiro atoms. The minimum absolute atomic E-state index is 0.294. The van der Waals surface area contributed by atoms with Gasteiger partial charge in [0, 0.05) is 6.20 Å². The largest absolute Gasteiger partial charge is 0.481 e. The molecule has 0 radical (unpaired) electrons. The molecule has 0 saturated heterocycles. The van der Waals surface area contributed by atoms with Crippen LogP contribution in [-0.2, 0) is 11.3 Å². The molecule has 0 aliphatic heterocycles. The lowest BCUT2D eigenvalue weighted by molar-refractivity contribution is -0.152. The van der Waals surface area contributed by atoms with E-state index in [1.54, 1.807) is 17.1 Å². The lowest BCUT2D eigenvalue weighted by Crippen LogP contribution is -2.39. The number of rotatable bonds is 4. The number of tetrazole rings is 1. The fourth-order valence-corrected chi connectivity index (χ4v) is 2.93. The fraction of sp³-hybridized carbons (Fsp3) is 0.615. The van der Waals surface area contributed by atoms with Crippen LogP contribution in [0, 0.1) is 11.3 Å². The lowest BCUT2D eigenvalue weighted by Gasteiger charge is -2.35. The molecular formula is C13H18N6O2. The molecule has 2 aromatic rings. The maximum absolute atomic E-state index is 11.8. The van der Waals surface area contributed by atoms with Crippen molar-refractivity contribution < 1.29 is 9.90 Å². The average molecular weight is 290 g/mol. The van der Waals surface area contributed by atoms with Gasteiger partial charge in [-0.15, -0.1) is 5.10 Å². The Kier molecular flexibility index (Phi) is 3.44. The highest BCUT2D eigenvalue weighted by atomic mass is 16.4. The van der Waals surface area contributed by atoms with E-state index in [2.05, 4.69) is 32.6 Å². The van der Waals surface area contributed by atoms with Gasteiger partial charge in [0.05, 0.1) is 23.7 Å². The number of carbonyl (C=O) groups is 1. The Labute approximate surface area is 121 Å². The Morgan fingerprint density at radius 3 is 2.90 bits per heavy atom. The number of carboxylic acids is 1. The third-order valence-electron chi connectivity index (χ3n) is 4.43. The molecule has 2 aromatic heterocycles. The number of aromatic nitrogens is 6. The van der Waals surface area contributed by atoms with Crippen molar-refractivity contribution in [2.24, 2.45) is 11.3 Å². The van der Waals surface area contributed by atoms with Crippen molar-refractivity contribution in [2.45, 2.75) is 39.2 Å². The normalized spacial score (nSPS) is 25.9. The number of H-pyrrole nitrogens is 1. The second-order valence-electron chi connectivity index (χ2n) is 5.92. The van der Waals surface area contributed by atoms with Crippen LogP contribution in [0.4, 0.5) is 0 Å². The molecule has 1 saturated carbocycles. The van der Waals surface area contributed by atoms with E-state index in [1.165, 1.54) is 0 Å². The number of aliphatic carboxylic acids is 1. The van der Waals surface area contributed by atoms with Crippen LogP contribution in [0.1, 0.15) is 32.6 Å². The molecule has 8 nitrogen and oxygen atoms in total. The van der Waals surface area contributed by atoms with E-state index in [-0.39, 0.29) is 0 Å². The van der Waals surface area contributed by atoms with Crippen molar-refractivity contribution >= 4 is 5.97 Å². The van der Waals surface area contributed by atoms with Crippen LogP contribution in [0.15, 0.2) is 12.4 Å². The summed E-state index contributed by atoms with van der Waals surface area (Å²) >= 11 is 0. The van der Waals surface area contributed by atoms with E-state index in [0.717, 1.165) is 18.4 Å². The summed E-state index contributed by atoms with van der Waals surface area (Å²) in [6.07, 6.45) is 6.49. The summed E-state index contributed by atoms with van der Waals surface area (Å²) in [7, 11) is 0. The summed E-state index contributed by atoms with van der Waals surface area (Å²) in [5.74, 6) is 0.366. The summed E-state index contributed by atoms with van der Waals surface area (Å²) in [5, 5.41) is 27.9. The van der Waals surface area contributed by atoms with Crippen LogP contribution in [0.5, 0.6) is 0 Å². The summed E-state index contributed by atoms with van der Waals surface area (Å²) in [6.45, 7) is 2.46. The molecule has 0 unspecified atom stereocenters. The summed E-state index contributed by atoms with van der Waals surface area (Å²) in [4.78, 5) is 11.8. The van der Waals surface area contributed by atoms with Gasteiger partial charge >= 0.3 is 5.97 Å². The van der Waals surface area contributed by atoms with Crippen molar-refractivity contribution in [3.05, 3.63) is 12.4 Å². The number of nitrogens with one attached hydrogen (secondary N) is 1. The minimum Gasteiger partial charge on any atom is -0.481 e. The molecule has 1 aliphatic carbocycles. The Balaban J connectivity index is 1.88. The van der Waals surface area contributed by atoms with Gasteiger partial charge in [0.25, 0.3) is 0 Å². The third kappa shape index (κ3) is 2.53. The smallest absolute Gasteiger partial charge is 0.311 e. The SMILES string of the molecule is CC1CCC(Cn2nnnc2-c2cn[nH]c2)(C(=O)O)CC1. The molecular weight excluding hydrogens is 272 g/mol. The second kappa shape index (κ2) is 5.27. The van der Waals surface area contributed by atoms with Crippen LogP contribution < -0.4 is 0 Å². The zero-order valence-corrected chi connectivity index (χ0v) is 11.9. The maximum atomic E-state index is 11.8. The third-order valence-corrected chi connectivity index (χ3v) is 4.43. The van der Waals surface area contributed by atoms with Crippen LogP contribution >= 0.6 is 0 Å². The summed E-state index contributed by atoms with van der Waals surface area (Å²) in [5.41, 5.74) is -0.0230. The van der Waals surface area contributed by atoms with Crippen LogP contribution in [0.2, 0.25) is 0 Å². The molecule has 21 heavy (non-hydrogen) atoms. The predicted octanol–water partition coefficient (Wildman–Crippen LogP) is 1.34. The Morgan fingerprint density at radius 2 is 2.29 bits per heavy atom. The standard InChI is InChI=1S/C13H18N6O2/c1-9-2-4-13(5-3-9,12(20)21)8-19-11(16-17-18-19)10-6-14-15-7-10/h6-7,9H,2-5,8H2,1H3,(H,14,15)(H,20,21). The first-order chi connectivity index (χ1) is 10.1. The van der Waals surface area contributed by atoms with Crippen molar-refractivity contribution in [3.63, 3.8) is 0 Å². The van der Waals surface area contributed by atoms with Crippen molar-refractivity contribution in [2.75, 3.05) is 0 Å². The van der Waals surface area contributed by atoms with Gasteiger partial charge in [0.15, 0.2) is 5.82 Å². The zero-order valence-electron chi connectivity index (χ0n) is 11.9. The first-order valence-electron chi connectivity index (χ1n) is 7.09. The van der Waals surface area contributed by atoms with E-state index in [9.17, 15) is 9.90 Å². The molecule has 2 heterocycles. The van der Waals surface area contributed by atoms with Gasteiger partial charge < -0.3 is 5.11 Å². The highest BCUT2D eigenvalue weighted by Crippen LogP contribution is 2.40. The minimum atomic E-state index is -0.777. The number of carboxylic acid groups (broad SMARTS) is 1. The van der Waals surface area contributed by atoms with Crippen molar-refractivity contribution in [3.8, 4) is 11.4 Å². The van der Waals surface area contributed by atoms with Crippen LogP contribution in [0.25, 0.3) is 11.4 Å². The summed E-state index contributed by atoms with van der Waals surface area (Å²) in [6, 6.07) is 0. The Bertz CT molecular complexity index is 612. The molecule has 0 aromatic carbocycles. The Hall–Kier alpha value is -2.25. The first-order valence-corrected chi connectivity index (χ1v) is 7.09. The molecule has 1 aliphatic rings. The number of aromatic amines is 1. The highest BCUT2D eigenvalue weighted by molar-refractivity contribution is 5.74. The summed E-state index contributed by atoms with van der Waals surface area (Å²) < 4.78 is 1.58. The van der Waals surface area contributed by atoms with Crippen LogP contribution in [0.3, 0.4) is 0 Å². The van der Waals surface area contributed by atoms with Gasteiger partial charge in [0.1, 0.15) is 0 Å². The zero-order chi connectivity index (χ0) is 14.9. The molecule has 8 heteroatoms. The van der Waals surface area contributed by atoms with E-state index >= 15 is 0 Å². The second-order valence-corrected chi connectivity index (χ2v) is 5.92. The van der Waals surface area contributed by atoms with E-state index in [4.69, 9.17) is 0 Å². The molecule has 1 fully saturated rings. The molecule has 0 amide bonds. The first kappa shape index (κ1) is 13.7. The van der Waals surface area contributed by atoms with Gasteiger partial charge in [-0.25, -0.2) is 4.68 Å². The lowest BCUT2D eigenvalue weighted by atomic mass is 9.71. The van der Waals surface area contributed by atoms with E-state index in [1.807, 2.05) is 0 Å². The highest BCUT2D eigenvalue weighted by Gasteiger charge is 2.42. The van der Waals surface area contributed by atoms with Gasteiger partial charge in [-0.05, 0) is 42.0 Å². The van der Waals surface area contributed by atoms with Gasteiger partial charge in [-0.3, -0.25) is 9.89 Å². The predicted molar refractivity (Wildman–Crippen MR) is 73.1 cm³/mol. The van der Waals surface area contributed by atoms with E-state index < -0.39 is 11.4 Å².